The van der Waals surface area contributed by atoms with E-state index in [0.717, 1.165) is 5.56 Å². The van der Waals surface area contributed by atoms with Gasteiger partial charge in [0.05, 0.1) is 23.7 Å². The molecule has 6 nitrogen and oxygen atoms in total. The summed E-state index contributed by atoms with van der Waals surface area (Å²) in [5.41, 5.74) is 3.22. The fourth-order valence-electron chi connectivity index (χ4n) is 2.97. The van der Waals surface area contributed by atoms with Gasteiger partial charge in [-0.2, -0.15) is 10.4 Å². The molecule has 0 aliphatic carbocycles. The Labute approximate surface area is 148 Å². The van der Waals surface area contributed by atoms with E-state index in [2.05, 4.69) is 15.1 Å². The number of nitriles is 1. The molecule has 2 heterocycles. The number of fused-ring (bicyclic) bond motifs is 1. The third-order valence-electron chi connectivity index (χ3n) is 4.17. The lowest BCUT2D eigenvalue weighted by molar-refractivity contribution is 0.417. The Kier molecular flexibility index (Phi) is 3.66. The number of aromatic amines is 1. The molecule has 0 fully saturated rings. The second kappa shape index (κ2) is 6.01. The van der Waals surface area contributed by atoms with Crippen molar-refractivity contribution >= 4 is 11.0 Å². The molecule has 0 spiro atoms. The summed E-state index contributed by atoms with van der Waals surface area (Å²) in [7, 11) is 3.36. The maximum atomic E-state index is 13.9. The fourth-order valence-corrected chi connectivity index (χ4v) is 2.97. The molecule has 26 heavy (non-hydrogen) atoms. The minimum atomic E-state index is -0.597. The number of aryl methyl sites for hydroxylation is 1. The Balaban J connectivity index is 1.92. The highest BCUT2D eigenvalue weighted by molar-refractivity contribution is 5.83. The molecule has 0 saturated carbocycles. The third-order valence-corrected chi connectivity index (χ3v) is 4.17. The summed E-state index contributed by atoms with van der Waals surface area (Å²) in [5.74, 6) is 0.460. The van der Waals surface area contributed by atoms with E-state index in [0.29, 0.717) is 34.0 Å². The van der Waals surface area contributed by atoms with Gasteiger partial charge in [0.15, 0.2) is 11.6 Å². The first-order chi connectivity index (χ1) is 12.6. The summed E-state index contributed by atoms with van der Waals surface area (Å²) in [6.45, 7) is 0. The van der Waals surface area contributed by atoms with E-state index in [1.165, 1.54) is 12.1 Å². The zero-order chi connectivity index (χ0) is 18.3. The molecule has 0 atom stereocenters. The topological polar surface area (TPSA) is 79.5 Å². The minimum absolute atomic E-state index is 0.0327. The first-order valence-corrected chi connectivity index (χ1v) is 7.88. The zero-order valence-electron chi connectivity index (χ0n) is 14.1. The highest BCUT2D eigenvalue weighted by Crippen LogP contribution is 2.37. The SMILES string of the molecule is COc1c(-c2ccccc2)nn(C)c1-c1nc2cc(F)c(C#N)cc2[nH]1. The standard InChI is InChI=1S/C19H14FN5O/c1-25-17(18(26-2)16(24-25)11-6-4-3-5-7-11)19-22-14-8-12(10-21)13(20)9-15(14)23-19/h3-9H,1-2H3,(H,22,23). The van der Waals surface area contributed by atoms with Crippen LogP contribution < -0.4 is 4.74 Å². The number of hydrogen-bond acceptors (Lipinski definition) is 4. The van der Waals surface area contributed by atoms with Crippen LogP contribution in [0.3, 0.4) is 0 Å². The maximum Gasteiger partial charge on any atom is 0.175 e. The van der Waals surface area contributed by atoms with Crippen LogP contribution in [0.4, 0.5) is 4.39 Å². The number of halogens is 1. The number of imidazole rings is 1. The van der Waals surface area contributed by atoms with Crippen LogP contribution >= 0.6 is 0 Å². The van der Waals surface area contributed by atoms with Crippen molar-refractivity contribution in [3.8, 4) is 34.6 Å². The first-order valence-electron chi connectivity index (χ1n) is 7.88. The molecule has 4 aromatic rings. The molecule has 0 unspecified atom stereocenters. The summed E-state index contributed by atoms with van der Waals surface area (Å²) in [4.78, 5) is 7.57. The van der Waals surface area contributed by atoms with Crippen molar-refractivity contribution in [3.63, 3.8) is 0 Å². The van der Waals surface area contributed by atoms with Gasteiger partial charge >= 0.3 is 0 Å². The molecule has 0 saturated heterocycles. The predicted molar refractivity (Wildman–Crippen MR) is 95.0 cm³/mol. The summed E-state index contributed by atoms with van der Waals surface area (Å²) in [6.07, 6.45) is 0. The molecule has 2 aromatic carbocycles. The lowest BCUT2D eigenvalue weighted by Crippen LogP contribution is -1.96. The lowest BCUT2D eigenvalue weighted by Gasteiger charge is -2.03. The average Bonchev–Trinajstić information content (AvgIpc) is 3.21. The molecule has 0 bridgehead atoms. The van der Waals surface area contributed by atoms with Gasteiger partial charge in [0, 0.05) is 18.7 Å². The van der Waals surface area contributed by atoms with Gasteiger partial charge < -0.3 is 9.72 Å². The summed E-state index contributed by atoms with van der Waals surface area (Å²) in [5, 5.41) is 13.6. The van der Waals surface area contributed by atoms with Gasteiger partial charge in [-0.25, -0.2) is 9.37 Å². The highest BCUT2D eigenvalue weighted by atomic mass is 19.1. The highest BCUT2D eigenvalue weighted by Gasteiger charge is 2.22. The van der Waals surface area contributed by atoms with Crippen LogP contribution in [0, 0.1) is 17.1 Å². The first kappa shape index (κ1) is 15.8. The second-order valence-electron chi connectivity index (χ2n) is 5.77. The van der Waals surface area contributed by atoms with E-state index in [1.807, 2.05) is 36.4 Å². The molecule has 0 amide bonds. The number of benzene rings is 2. The molecule has 0 aliphatic rings. The Morgan fingerprint density at radius 1 is 1.23 bits per heavy atom. The number of H-pyrrole nitrogens is 1. The maximum absolute atomic E-state index is 13.9. The number of hydrogen-bond donors (Lipinski definition) is 1. The van der Waals surface area contributed by atoms with E-state index in [4.69, 9.17) is 10.00 Å². The Morgan fingerprint density at radius 2 is 2.00 bits per heavy atom. The van der Waals surface area contributed by atoms with Crippen molar-refractivity contribution in [1.29, 1.82) is 5.26 Å². The van der Waals surface area contributed by atoms with E-state index in [9.17, 15) is 4.39 Å². The minimum Gasteiger partial charge on any atom is -0.492 e. The van der Waals surface area contributed by atoms with Crippen molar-refractivity contribution in [1.82, 2.24) is 19.7 Å². The van der Waals surface area contributed by atoms with Crippen LogP contribution in [0.25, 0.3) is 33.8 Å². The van der Waals surface area contributed by atoms with Crippen molar-refractivity contribution in [2.75, 3.05) is 7.11 Å². The van der Waals surface area contributed by atoms with Gasteiger partial charge in [-0.05, 0) is 6.07 Å². The van der Waals surface area contributed by atoms with Gasteiger partial charge in [0.25, 0.3) is 0 Å². The molecule has 1 N–H and O–H groups in total. The number of aromatic nitrogens is 4. The Hall–Kier alpha value is -3.66. The number of rotatable bonds is 3. The van der Waals surface area contributed by atoms with Gasteiger partial charge in [-0.3, -0.25) is 4.68 Å². The molecule has 0 aliphatic heterocycles. The normalized spacial score (nSPS) is 10.8. The molecular weight excluding hydrogens is 333 g/mol. The van der Waals surface area contributed by atoms with Gasteiger partial charge in [-0.15, -0.1) is 0 Å². The fraction of sp³-hybridized carbons (Fsp3) is 0.105. The van der Waals surface area contributed by atoms with Crippen molar-refractivity contribution in [2.45, 2.75) is 0 Å². The van der Waals surface area contributed by atoms with Crippen LogP contribution in [-0.2, 0) is 7.05 Å². The van der Waals surface area contributed by atoms with Crippen LogP contribution in [0.1, 0.15) is 5.56 Å². The Morgan fingerprint density at radius 3 is 2.69 bits per heavy atom. The van der Waals surface area contributed by atoms with Crippen molar-refractivity contribution in [3.05, 3.63) is 53.8 Å². The van der Waals surface area contributed by atoms with Gasteiger partial charge in [0.1, 0.15) is 23.3 Å². The molecule has 4 rings (SSSR count). The monoisotopic (exact) mass is 347 g/mol. The van der Waals surface area contributed by atoms with E-state index in [1.54, 1.807) is 18.8 Å². The summed E-state index contributed by atoms with van der Waals surface area (Å²) in [6, 6.07) is 14.2. The van der Waals surface area contributed by atoms with Crippen LogP contribution in [0.5, 0.6) is 5.75 Å². The lowest BCUT2D eigenvalue weighted by atomic mass is 10.1. The van der Waals surface area contributed by atoms with Crippen LogP contribution in [0.15, 0.2) is 42.5 Å². The predicted octanol–water partition coefficient (Wildman–Crippen LogP) is 3.65. The summed E-state index contributed by atoms with van der Waals surface area (Å²) < 4.78 is 21.1. The quantitative estimate of drug-likeness (QED) is 0.613. The second-order valence-corrected chi connectivity index (χ2v) is 5.77. The molecule has 128 valence electrons. The molecule has 7 heteroatoms. The van der Waals surface area contributed by atoms with Crippen molar-refractivity contribution < 1.29 is 9.13 Å². The van der Waals surface area contributed by atoms with Gasteiger partial charge in [0.2, 0.25) is 0 Å². The van der Waals surface area contributed by atoms with E-state index < -0.39 is 5.82 Å². The van der Waals surface area contributed by atoms with Crippen molar-refractivity contribution in [2.24, 2.45) is 7.05 Å². The number of ether oxygens (including phenoxy) is 1. The number of methoxy groups -OCH3 is 1. The van der Waals surface area contributed by atoms with E-state index >= 15 is 0 Å². The zero-order valence-corrected chi connectivity index (χ0v) is 14.1. The van der Waals surface area contributed by atoms with E-state index in [-0.39, 0.29) is 5.56 Å². The van der Waals surface area contributed by atoms with Crippen LogP contribution in [-0.4, -0.2) is 26.9 Å². The molecule has 2 aromatic heterocycles. The smallest absolute Gasteiger partial charge is 0.175 e. The average molecular weight is 347 g/mol. The van der Waals surface area contributed by atoms with Gasteiger partial charge in [-0.1, -0.05) is 30.3 Å². The summed E-state index contributed by atoms with van der Waals surface area (Å²) >= 11 is 0. The molecular formula is C19H14FN5O. The van der Waals surface area contributed by atoms with Crippen LogP contribution in [0.2, 0.25) is 0 Å². The Bertz CT molecular complexity index is 1150. The molecule has 0 radical (unpaired) electrons. The largest absolute Gasteiger partial charge is 0.492 e. The number of nitrogens with one attached hydrogen (secondary N) is 1. The third kappa shape index (κ3) is 2.40. The number of nitrogens with zero attached hydrogens (tertiary/aromatic N) is 4.